The smallest absolute Gasteiger partial charge is 0.313 e. The van der Waals surface area contributed by atoms with Crippen LogP contribution in [0, 0.1) is 5.82 Å². The first-order chi connectivity index (χ1) is 12.4. The molecule has 0 saturated heterocycles. The highest BCUT2D eigenvalue weighted by molar-refractivity contribution is 6.39. The number of methoxy groups -OCH3 is 2. The van der Waals surface area contributed by atoms with Crippen LogP contribution in [0.1, 0.15) is 12.5 Å². The van der Waals surface area contributed by atoms with Gasteiger partial charge >= 0.3 is 11.8 Å². The van der Waals surface area contributed by atoms with Crippen molar-refractivity contribution in [2.45, 2.75) is 12.5 Å². The molecular weight excluding hydrogens is 339 g/mol. The number of nitrogens with one attached hydrogen (secondary N) is 2. The van der Waals surface area contributed by atoms with E-state index < -0.39 is 23.2 Å². The predicted molar refractivity (Wildman–Crippen MR) is 95.4 cm³/mol. The van der Waals surface area contributed by atoms with Crippen LogP contribution in [0.25, 0.3) is 0 Å². The lowest BCUT2D eigenvalue weighted by atomic mass is 9.95. The summed E-state index contributed by atoms with van der Waals surface area (Å²) >= 11 is 0. The Morgan fingerprint density at radius 2 is 1.81 bits per heavy atom. The standard InChI is InChI=1S/C19H21FN2O4/c1-19(26-3,15-9-4-5-10-16(15)20)12-21-17(23)18(24)22-13-7-6-8-14(11-13)25-2/h4-11H,12H2,1-3H3,(H,21,23)(H,22,24). The zero-order chi connectivity index (χ0) is 19.2. The van der Waals surface area contributed by atoms with Crippen LogP contribution < -0.4 is 15.4 Å². The lowest BCUT2D eigenvalue weighted by Crippen LogP contribution is -2.44. The van der Waals surface area contributed by atoms with E-state index in [9.17, 15) is 14.0 Å². The molecular formula is C19H21FN2O4. The van der Waals surface area contributed by atoms with Gasteiger partial charge in [-0.15, -0.1) is 0 Å². The third-order valence-electron chi connectivity index (χ3n) is 4.01. The van der Waals surface area contributed by atoms with Crippen molar-refractivity contribution in [3.05, 3.63) is 59.9 Å². The summed E-state index contributed by atoms with van der Waals surface area (Å²) in [5.74, 6) is -1.60. The van der Waals surface area contributed by atoms with Crippen molar-refractivity contribution in [2.24, 2.45) is 0 Å². The summed E-state index contributed by atoms with van der Waals surface area (Å²) in [4.78, 5) is 24.1. The van der Waals surface area contributed by atoms with E-state index in [1.807, 2.05) is 0 Å². The van der Waals surface area contributed by atoms with Gasteiger partial charge in [-0.3, -0.25) is 9.59 Å². The van der Waals surface area contributed by atoms with E-state index in [1.54, 1.807) is 49.4 Å². The number of hydrogen-bond donors (Lipinski definition) is 2. The first-order valence-electron chi connectivity index (χ1n) is 7.93. The van der Waals surface area contributed by atoms with Gasteiger partial charge in [0.15, 0.2) is 0 Å². The second-order valence-corrected chi connectivity index (χ2v) is 5.78. The molecule has 138 valence electrons. The van der Waals surface area contributed by atoms with Crippen molar-refractivity contribution in [3.8, 4) is 5.75 Å². The van der Waals surface area contributed by atoms with E-state index >= 15 is 0 Å². The summed E-state index contributed by atoms with van der Waals surface area (Å²) in [7, 11) is 2.91. The highest BCUT2D eigenvalue weighted by Gasteiger charge is 2.30. The van der Waals surface area contributed by atoms with Gasteiger partial charge in [-0.05, 0) is 25.1 Å². The second-order valence-electron chi connectivity index (χ2n) is 5.78. The minimum atomic E-state index is -1.11. The van der Waals surface area contributed by atoms with Crippen LogP contribution in [0.5, 0.6) is 5.75 Å². The van der Waals surface area contributed by atoms with Gasteiger partial charge < -0.3 is 20.1 Å². The molecule has 0 spiro atoms. The van der Waals surface area contributed by atoms with Crippen molar-refractivity contribution >= 4 is 17.5 Å². The zero-order valence-electron chi connectivity index (χ0n) is 14.8. The predicted octanol–water partition coefficient (Wildman–Crippen LogP) is 2.45. The molecule has 2 aromatic carbocycles. The molecule has 0 aliphatic rings. The molecule has 7 heteroatoms. The van der Waals surface area contributed by atoms with Crippen LogP contribution in [0.15, 0.2) is 48.5 Å². The SMILES string of the molecule is COc1cccc(NC(=O)C(=O)NCC(C)(OC)c2ccccc2F)c1. The van der Waals surface area contributed by atoms with Crippen LogP contribution in [0.4, 0.5) is 10.1 Å². The molecule has 0 radical (unpaired) electrons. The zero-order valence-corrected chi connectivity index (χ0v) is 14.8. The minimum absolute atomic E-state index is 0.0746. The Labute approximate surface area is 151 Å². The molecule has 2 amide bonds. The summed E-state index contributed by atoms with van der Waals surface area (Å²) in [5, 5.41) is 4.95. The number of carbonyl (C=O) groups is 2. The maximum Gasteiger partial charge on any atom is 0.313 e. The Balaban J connectivity index is 2.02. The molecule has 0 aliphatic heterocycles. The molecule has 2 aromatic rings. The first-order valence-corrected chi connectivity index (χ1v) is 7.93. The maximum absolute atomic E-state index is 14.0. The highest BCUT2D eigenvalue weighted by Crippen LogP contribution is 2.26. The van der Waals surface area contributed by atoms with Gasteiger partial charge in [-0.1, -0.05) is 24.3 Å². The van der Waals surface area contributed by atoms with Crippen molar-refractivity contribution in [2.75, 3.05) is 26.1 Å². The molecule has 1 atom stereocenters. The van der Waals surface area contributed by atoms with Gasteiger partial charge in [-0.2, -0.15) is 0 Å². The van der Waals surface area contributed by atoms with E-state index in [0.29, 0.717) is 11.4 Å². The summed E-state index contributed by atoms with van der Waals surface area (Å²) < 4.78 is 24.5. The maximum atomic E-state index is 14.0. The lowest BCUT2D eigenvalue weighted by Gasteiger charge is -2.29. The third kappa shape index (κ3) is 4.58. The molecule has 0 aromatic heterocycles. The van der Waals surface area contributed by atoms with Gasteiger partial charge in [0.25, 0.3) is 0 Å². The molecule has 0 bridgehead atoms. The number of halogens is 1. The molecule has 0 aliphatic carbocycles. The molecule has 0 fully saturated rings. The average Bonchev–Trinajstić information content (AvgIpc) is 2.66. The molecule has 0 heterocycles. The quantitative estimate of drug-likeness (QED) is 0.776. The lowest BCUT2D eigenvalue weighted by molar-refractivity contribution is -0.137. The normalized spacial score (nSPS) is 12.8. The van der Waals surface area contributed by atoms with Crippen LogP contribution in [0.2, 0.25) is 0 Å². The number of carbonyl (C=O) groups excluding carboxylic acids is 2. The minimum Gasteiger partial charge on any atom is -0.497 e. The van der Waals surface area contributed by atoms with E-state index in [2.05, 4.69) is 10.6 Å². The summed E-state index contributed by atoms with van der Waals surface area (Å²) in [6.07, 6.45) is 0. The first kappa shape index (κ1) is 19.4. The molecule has 2 N–H and O–H groups in total. The molecule has 0 saturated carbocycles. The second kappa shape index (κ2) is 8.44. The Kier molecular flexibility index (Phi) is 6.30. The molecule has 1 unspecified atom stereocenters. The number of hydrogen-bond acceptors (Lipinski definition) is 4. The van der Waals surface area contributed by atoms with E-state index in [1.165, 1.54) is 20.3 Å². The number of benzene rings is 2. The Bertz CT molecular complexity index is 797. The van der Waals surface area contributed by atoms with E-state index in [0.717, 1.165) is 0 Å². The Hall–Kier alpha value is -2.93. The summed E-state index contributed by atoms with van der Waals surface area (Å²) in [6, 6.07) is 12.7. The van der Waals surface area contributed by atoms with Gasteiger partial charge in [0.1, 0.15) is 17.2 Å². The van der Waals surface area contributed by atoms with Crippen molar-refractivity contribution in [1.82, 2.24) is 5.32 Å². The van der Waals surface area contributed by atoms with Crippen LogP contribution >= 0.6 is 0 Å². The van der Waals surface area contributed by atoms with Crippen molar-refractivity contribution < 1.29 is 23.5 Å². The van der Waals surface area contributed by atoms with Crippen LogP contribution in [-0.2, 0) is 19.9 Å². The molecule has 6 nitrogen and oxygen atoms in total. The molecule has 2 rings (SSSR count). The van der Waals surface area contributed by atoms with Crippen molar-refractivity contribution in [1.29, 1.82) is 0 Å². The van der Waals surface area contributed by atoms with E-state index in [4.69, 9.17) is 9.47 Å². The topological polar surface area (TPSA) is 76.7 Å². The number of rotatable bonds is 6. The Morgan fingerprint density at radius 1 is 1.08 bits per heavy atom. The number of ether oxygens (including phenoxy) is 2. The highest BCUT2D eigenvalue weighted by atomic mass is 19.1. The Morgan fingerprint density at radius 3 is 2.46 bits per heavy atom. The summed E-state index contributed by atoms with van der Waals surface area (Å²) in [6.45, 7) is 1.56. The third-order valence-corrected chi connectivity index (χ3v) is 4.01. The van der Waals surface area contributed by atoms with Gasteiger partial charge in [0, 0.05) is 24.4 Å². The monoisotopic (exact) mass is 360 g/mol. The number of anilines is 1. The summed E-state index contributed by atoms with van der Waals surface area (Å²) in [5.41, 5.74) is -0.402. The van der Waals surface area contributed by atoms with E-state index in [-0.39, 0.29) is 12.1 Å². The number of amides is 2. The fourth-order valence-corrected chi connectivity index (χ4v) is 2.39. The van der Waals surface area contributed by atoms with Crippen LogP contribution in [0.3, 0.4) is 0 Å². The van der Waals surface area contributed by atoms with Gasteiger partial charge in [0.2, 0.25) is 0 Å². The van der Waals surface area contributed by atoms with Crippen LogP contribution in [-0.4, -0.2) is 32.6 Å². The fourth-order valence-electron chi connectivity index (χ4n) is 2.39. The van der Waals surface area contributed by atoms with Gasteiger partial charge in [0.05, 0.1) is 13.7 Å². The van der Waals surface area contributed by atoms with Crippen molar-refractivity contribution in [3.63, 3.8) is 0 Å². The average molecular weight is 360 g/mol. The van der Waals surface area contributed by atoms with Gasteiger partial charge in [-0.25, -0.2) is 4.39 Å². The fraction of sp³-hybridized carbons (Fsp3) is 0.263. The molecule has 26 heavy (non-hydrogen) atoms. The largest absolute Gasteiger partial charge is 0.497 e.